The molecule has 0 spiro atoms. The summed E-state index contributed by atoms with van der Waals surface area (Å²) >= 11 is 3.21. The van der Waals surface area contributed by atoms with Gasteiger partial charge >= 0.3 is 5.97 Å². The number of allylic oxidation sites excluding steroid dienone is 2. The highest BCUT2D eigenvalue weighted by atomic mass is 79.9. The number of esters is 1. The first-order valence-electron chi connectivity index (χ1n) is 32.0. The number of aromatic nitrogens is 2. The molecule has 2 aromatic heterocycles. The Morgan fingerprint density at radius 3 is 2.25 bits per heavy atom. The fourth-order valence-corrected chi connectivity index (χ4v) is 20.9. The average molecular weight is 1310 g/mol. The van der Waals surface area contributed by atoms with Crippen LogP contribution in [0.4, 0.5) is 0 Å². The number of carbonyl (C=O) groups is 1. The molecule has 2 aromatic rings. The molecule has 18 heteroatoms. The molecule has 4 saturated heterocycles. The maximum Gasteiger partial charge on any atom is 0.330 e. The Bertz CT molecular complexity index is 2780. The van der Waals surface area contributed by atoms with Crippen molar-refractivity contribution in [2.45, 2.75) is 274 Å². The Hall–Kier alpha value is -3.56. The Morgan fingerprint density at radius 1 is 0.874 bits per heavy atom. The molecule has 5 aliphatic heterocycles. The SMILES string of the molecule is C=C1C[C@@H]2C[C@@H]3C[C@@H](O[Si](C)(C)C(C)(C)C)C[C@@H](O3)c3coc(n3)/C=C/C[C@H]3O[C@@H](/C(C)=C/c4coc(C[C@]5(OC)C[C@H](OC)C[C@H]([C@@H](/C=C(C)/C=C/[C@@H](CC#CBr)OC)O[Si](C(C)C)(C(C)C)C(C)C)O5)n4)[C@H](C)[C@@H](OC(=O)/C=C\C[C@@H](C1)O2)[C@@H]3C. The van der Waals surface area contributed by atoms with E-state index in [0.717, 1.165) is 41.7 Å². The molecule has 7 rings (SSSR count). The van der Waals surface area contributed by atoms with E-state index in [1.165, 1.54) is 0 Å². The smallest absolute Gasteiger partial charge is 0.330 e. The Morgan fingerprint density at radius 2 is 1.59 bits per heavy atom. The Balaban J connectivity index is 1.14. The third kappa shape index (κ3) is 18.4. The fourth-order valence-electron chi connectivity index (χ4n) is 13.9. The summed E-state index contributed by atoms with van der Waals surface area (Å²) in [7, 11) is 0.548. The molecule has 0 aliphatic carbocycles. The highest BCUT2D eigenvalue weighted by Gasteiger charge is 2.52. The number of rotatable bonds is 19. The zero-order valence-corrected chi connectivity index (χ0v) is 59.2. The number of methoxy groups -OCH3 is 3. The normalized spacial score (nSPS) is 31.7. The lowest BCUT2D eigenvalue weighted by Gasteiger charge is -2.49. The van der Waals surface area contributed by atoms with Crippen molar-refractivity contribution in [2.75, 3.05) is 21.3 Å². The number of hydrogen-bond acceptors (Lipinski definition) is 15. The van der Waals surface area contributed by atoms with Crippen molar-refractivity contribution >= 4 is 50.7 Å². The van der Waals surface area contributed by atoms with Gasteiger partial charge in [0, 0.05) is 87.3 Å². The molecular weight excluding hydrogens is 1200 g/mol. The van der Waals surface area contributed by atoms with E-state index in [1.807, 2.05) is 37.3 Å². The largest absolute Gasteiger partial charge is 0.458 e. The maximum absolute atomic E-state index is 13.9. The predicted molar refractivity (Wildman–Crippen MR) is 351 cm³/mol. The molecule has 0 saturated carbocycles. The van der Waals surface area contributed by atoms with Crippen LogP contribution in [0.15, 0.2) is 81.1 Å². The number of fused-ring (bicyclic) bond motifs is 9. The maximum atomic E-state index is 13.9. The van der Waals surface area contributed by atoms with Crippen molar-refractivity contribution < 1.29 is 60.4 Å². The molecule has 4 fully saturated rings. The summed E-state index contributed by atoms with van der Waals surface area (Å²) in [5.74, 6) is 2.04. The van der Waals surface area contributed by atoms with Gasteiger partial charge in [0.15, 0.2) is 20.0 Å². The third-order valence-electron chi connectivity index (χ3n) is 19.4. The third-order valence-corrected chi connectivity index (χ3v) is 30.3. The standard InChI is InChI=1S/C69H105BrN2O13Si2/c1-43(2)87(44(3)4,45(5)6)85-62(33-46(7)28-29-52(74-15)24-22-30-70)61-38-57(75-16)39-69(76-17,83-61)40-64-71-51(41-77-64)34-48(9)66-50(11)67-49(10)59(81-66)25-21-26-63-72-58(42-78-63)60-37-56(84-86(18,19)68(12,13)14)36-55(80-60)35-54-32-47(8)31-53(79-54)23-20-27-65(73)82-67/h20-21,26-29,33-34,41-45,49-50,52-57,59-62,66-67H,8,23-25,31-32,35-40H2,1-7,9-19H3/b26-21+,27-20-,29-28+,46-33+,48-34+/t49-,50+,52-,53+,54-,55-,56-,57-,59-,60-,61-,62-,66+,67+,69+/m1/s1. The minimum atomic E-state index is -2.45. The zero-order chi connectivity index (χ0) is 63.6. The van der Waals surface area contributed by atoms with Gasteiger partial charge in [0.25, 0.3) is 0 Å². The molecule has 87 heavy (non-hydrogen) atoms. The Kier molecular flexibility index (Phi) is 25.4. The van der Waals surface area contributed by atoms with E-state index >= 15 is 0 Å². The lowest BCUT2D eigenvalue weighted by Crippen LogP contribution is -2.57. The van der Waals surface area contributed by atoms with Crippen LogP contribution in [-0.2, 0) is 58.0 Å². The van der Waals surface area contributed by atoms with Crippen LogP contribution in [0.5, 0.6) is 0 Å². The van der Waals surface area contributed by atoms with Crippen molar-refractivity contribution in [2.24, 2.45) is 11.8 Å². The number of carbonyl (C=O) groups excluding carboxylic acids is 1. The summed E-state index contributed by atoms with van der Waals surface area (Å²) in [6.45, 7) is 37.9. The lowest BCUT2D eigenvalue weighted by atomic mass is 9.79. The highest BCUT2D eigenvalue weighted by molar-refractivity contribution is 9.12. The first-order chi connectivity index (χ1) is 41.1. The van der Waals surface area contributed by atoms with E-state index in [-0.39, 0.29) is 72.1 Å². The van der Waals surface area contributed by atoms with Crippen LogP contribution in [-0.4, -0.2) is 127 Å². The summed E-state index contributed by atoms with van der Waals surface area (Å²) in [6.07, 6.45) is 22.4. The summed E-state index contributed by atoms with van der Waals surface area (Å²) in [4.78, 5) is 26.7. The first-order valence-corrected chi connectivity index (χ1v) is 37.8. The minimum Gasteiger partial charge on any atom is -0.458 e. The minimum absolute atomic E-state index is 0.00412. The first kappa shape index (κ1) is 70.9. The van der Waals surface area contributed by atoms with Gasteiger partial charge in [0.2, 0.25) is 14.2 Å². The second-order valence-electron chi connectivity index (χ2n) is 27.8. The molecule has 15 nitrogen and oxygen atoms in total. The average Bonchev–Trinajstić information content (AvgIpc) is 2.23. The van der Waals surface area contributed by atoms with Gasteiger partial charge in [-0.05, 0) is 103 Å². The van der Waals surface area contributed by atoms with E-state index in [0.29, 0.717) is 79.0 Å². The number of nitrogens with zero attached hydrogens (tertiary/aromatic N) is 2. The van der Waals surface area contributed by atoms with Gasteiger partial charge in [-0.1, -0.05) is 130 Å². The van der Waals surface area contributed by atoms with Gasteiger partial charge in [-0.25, -0.2) is 14.8 Å². The second kappa shape index (κ2) is 31.2. The summed E-state index contributed by atoms with van der Waals surface area (Å²) in [5, 5.41) is 0.0526. The van der Waals surface area contributed by atoms with Crippen LogP contribution in [0.3, 0.4) is 0 Å². The van der Waals surface area contributed by atoms with Gasteiger partial charge in [0.05, 0.1) is 67.5 Å². The summed E-state index contributed by atoms with van der Waals surface area (Å²) in [5.41, 5.74) is 5.41. The second-order valence-corrected chi connectivity index (χ2v) is 38.4. The number of hydrogen-bond donors (Lipinski definition) is 0. The van der Waals surface area contributed by atoms with Crippen LogP contribution in [0.1, 0.15) is 183 Å². The van der Waals surface area contributed by atoms with Crippen LogP contribution >= 0.6 is 15.9 Å². The van der Waals surface area contributed by atoms with E-state index in [4.69, 9.17) is 65.5 Å². The molecule has 5 aliphatic rings. The van der Waals surface area contributed by atoms with Gasteiger partial charge in [-0.2, -0.15) is 0 Å². The molecule has 15 atom stereocenters. The molecular formula is C69H105BrN2O13Si2. The van der Waals surface area contributed by atoms with Crippen molar-refractivity contribution in [3.63, 3.8) is 0 Å². The zero-order valence-electron chi connectivity index (χ0n) is 55.7. The van der Waals surface area contributed by atoms with Gasteiger partial charge in [-0.15, -0.1) is 0 Å². The highest BCUT2D eigenvalue weighted by Crippen LogP contribution is 2.47. The van der Waals surface area contributed by atoms with Crippen LogP contribution in [0.25, 0.3) is 12.2 Å². The fraction of sp³-hybridized carbons (Fsp3) is 0.696. The quantitative estimate of drug-likeness (QED) is 0.0429. The van der Waals surface area contributed by atoms with Crippen molar-refractivity contribution in [3.8, 4) is 10.8 Å². The van der Waals surface area contributed by atoms with Gasteiger partial charge < -0.3 is 55.6 Å². The van der Waals surface area contributed by atoms with Gasteiger partial charge in [-0.3, -0.25) is 0 Å². The molecule has 484 valence electrons. The molecule has 0 unspecified atom stereocenters. The number of ether oxygens (including phenoxy) is 8. The summed E-state index contributed by atoms with van der Waals surface area (Å²) in [6, 6.07) is 0. The van der Waals surface area contributed by atoms with E-state index in [1.54, 1.807) is 39.9 Å². The Labute approximate surface area is 532 Å². The number of halogens is 1. The van der Waals surface area contributed by atoms with E-state index < -0.39 is 52.8 Å². The summed E-state index contributed by atoms with van der Waals surface area (Å²) < 4.78 is 79.8. The topological polar surface area (TPSA) is 161 Å². The van der Waals surface area contributed by atoms with E-state index in [9.17, 15) is 4.79 Å². The van der Waals surface area contributed by atoms with Crippen molar-refractivity contribution in [3.05, 3.63) is 95.4 Å². The molecule has 7 heterocycles. The monoisotopic (exact) mass is 1300 g/mol. The molecule has 0 N–H and O–H groups in total. The molecule has 8 bridgehead atoms. The van der Waals surface area contributed by atoms with E-state index in [2.05, 4.69) is 142 Å². The van der Waals surface area contributed by atoms with Crippen LogP contribution in [0.2, 0.25) is 34.8 Å². The molecule has 0 aromatic carbocycles. The van der Waals surface area contributed by atoms with Crippen LogP contribution < -0.4 is 0 Å². The predicted octanol–water partition coefficient (Wildman–Crippen LogP) is 16.1. The number of oxazole rings is 2. The van der Waals surface area contributed by atoms with Crippen LogP contribution in [0, 0.1) is 22.6 Å². The molecule has 0 amide bonds. The lowest BCUT2D eigenvalue weighted by molar-refractivity contribution is -0.297. The van der Waals surface area contributed by atoms with Crippen molar-refractivity contribution in [1.29, 1.82) is 0 Å². The van der Waals surface area contributed by atoms with Gasteiger partial charge in [0.1, 0.15) is 36.1 Å². The van der Waals surface area contributed by atoms with Crippen molar-refractivity contribution in [1.82, 2.24) is 9.97 Å². The molecule has 0 radical (unpaired) electrons.